The molecular weight excluding hydrogens is 244 g/mol. The lowest BCUT2D eigenvalue weighted by molar-refractivity contribution is 0.788. The molecule has 0 spiro atoms. The highest BCUT2D eigenvalue weighted by atomic mass is 32.2. The van der Waals surface area contributed by atoms with Crippen molar-refractivity contribution in [3.8, 4) is 0 Å². The molecule has 2 rings (SSSR count). The highest BCUT2D eigenvalue weighted by molar-refractivity contribution is 7.98. The molecule has 0 aliphatic heterocycles. The van der Waals surface area contributed by atoms with Gasteiger partial charge in [0.2, 0.25) is 0 Å². The van der Waals surface area contributed by atoms with Gasteiger partial charge in [0.1, 0.15) is 17.0 Å². The zero-order chi connectivity index (χ0) is 11.4. The standard InChI is InChI=1S/C8H12N6S2/c1-3-9-7-6(11-13-16-7)4-15-8-12-10-5-14(8)2/h5,9H,3-4H2,1-2H3. The van der Waals surface area contributed by atoms with Crippen molar-refractivity contribution in [1.29, 1.82) is 0 Å². The first kappa shape index (κ1) is 11.3. The van der Waals surface area contributed by atoms with E-state index < -0.39 is 0 Å². The van der Waals surface area contributed by atoms with E-state index in [1.165, 1.54) is 11.5 Å². The van der Waals surface area contributed by atoms with Crippen molar-refractivity contribution in [3.63, 3.8) is 0 Å². The zero-order valence-corrected chi connectivity index (χ0v) is 10.7. The molecule has 16 heavy (non-hydrogen) atoms. The summed E-state index contributed by atoms with van der Waals surface area (Å²) in [5.74, 6) is 0.755. The average Bonchev–Trinajstić information content (AvgIpc) is 2.86. The smallest absolute Gasteiger partial charge is 0.191 e. The van der Waals surface area contributed by atoms with Crippen molar-refractivity contribution in [3.05, 3.63) is 12.0 Å². The van der Waals surface area contributed by atoms with Crippen molar-refractivity contribution >= 4 is 28.3 Å². The summed E-state index contributed by atoms with van der Waals surface area (Å²) in [5.41, 5.74) is 0.972. The maximum atomic E-state index is 4.09. The summed E-state index contributed by atoms with van der Waals surface area (Å²) in [7, 11) is 1.92. The van der Waals surface area contributed by atoms with Gasteiger partial charge in [-0.15, -0.1) is 15.3 Å². The van der Waals surface area contributed by atoms with Crippen LogP contribution in [0.2, 0.25) is 0 Å². The molecule has 0 aromatic carbocycles. The molecule has 2 aromatic heterocycles. The predicted octanol–water partition coefficient (Wildman–Crippen LogP) is 1.39. The molecule has 0 bridgehead atoms. The van der Waals surface area contributed by atoms with E-state index in [0.29, 0.717) is 0 Å². The Morgan fingerprint density at radius 2 is 2.38 bits per heavy atom. The van der Waals surface area contributed by atoms with Crippen LogP contribution in [-0.4, -0.2) is 30.9 Å². The Kier molecular flexibility index (Phi) is 3.73. The Balaban J connectivity index is 1.99. The number of hydrogen-bond acceptors (Lipinski definition) is 7. The zero-order valence-electron chi connectivity index (χ0n) is 9.04. The lowest BCUT2D eigenvalue weighted by Crippen LogP contribution is -1.98. The molecule has 0 aliphatic carbocycles. The van der Waals surface area contributed by atoms with Crippen LogP contribution in [0.25, 0.3) is 0 Å². The minimum Gasteiger partial charge on any atom is -0.374 e. The van der Waals surface area contributed by atoms with Gasteiger partial charge in [-0.1, -0.05) is 16.3 Å². The maximum Gasteiger partial charge on any atom is 0.191 e. The van der Waals surface area contributed by atoms with Crippen molar-refractivity contribution in [2.75, 3.05) is 11.9 Å². The fraction of sp³-hybridized carbons (Fsp3) is 0.500. The molecule has 6 nitrogen and oxygen atoms in total. The molecule has 0 radical (unpaired) electrons. The van der Waals surface area contributed by atoms with Gasteiger partial charge in [0.05, 0.1) is 0 Å². The average molecular weight is 256 g/mol. The van der Waals surface area contributed by atoms with Gasteiger partial charge >= 0.3 is 0 Å². The summed E-state index contributed by atoms with van der Waals surface area (Å²) in [6, 6.07) is 0. The Morgan fingerprint density at radius 1 is 1.50 bits per heavy atom. The van der Waals surface area contributed by atoms with E-state index in [-0.39, 0.29) is 0 Å². The Morgan fingerprint density at radius 3 is 3.06 bits per heavy atom. The van der Waals surface area contributed by atoms with Gasteiger partial charge in [-0.2, -0.15) is 0 Å². The minimum absolute atomic E-state index is 0.755. The topological polar surface area (TPSA) is 68.5 Å². The van der Waals surface area contributed by atoms with Gasteiger partial charge in [-0.05, 0) is 6.92 Å². The van der Waals surface area contributed by atoms with Crippen LogP contribution in [0.4, 0.5) is 5.00 Å². The minimum atomic E-state index is 0.755. The van der Waals surface area contributed by atoms with Crippen molar-refractivity contribution in [2.45, 2.75) is 17.8 Å². The lowest BCUT2D eigenvalue weighted by Gasteiger charge is -2.01. The van der Waals surface area contributed by atoms with Crippen molar-refractivity contribution in [1.82, 2.24) is 24.4 Å². The molecule has 2 aromatic rings. The summed E-state index contributed by atoms with van der Waals surface area (Å²) in [5, 5.41) is 17.1. The van der Waals surface area contributed by atoms with Gasteiger partial charge in [0.15, 0.2) is 5.16 Å². The molecule has 0 amide bonds. The molecule has 86 valence electrons. The van der Waals surface area contributed by atoms with Gasteiger partial charge in [0, 0.05) is 30.9 Å². The van der Waals surface area contributed by atoms with Gasteiger partial charge in [-0.25, -0.2) is 0 Å². The van der Waals surface area contributed by atoms with Gasteiger partial charge in [0.25, 0.3) is 0 Å². The summed E-state index contributed by atoms with van der Waals surface area (Å²) in [6.45, 7) is 2.94. The summed E-state index contributed by atoms with van der Waals surface area (Å²) < 4.78 is 5.82. The molecule has 0 unspecified atom stereocenters. The number of aromatic nitrogens is 5. The van der Waals surface area contributed by atoms with Crippen LogP contribution in [0.3, 0.4) is 0 Å². The second-order valence-corrected chi connectivity index (χ2v) is 4.79. The van der Waals surface area contributed by atoms with Crippen molar-refractivity contribution < 1.29 is 0 Å². The monoisotopic (exact) mass is 256 g/mol. The first-order valence-corrected chi connectivity index (χ1v) is 6.59. The predicted molar refractivity (Wildman–Crippen MR) is 64.6 cm³/mol. The Hall–Kier alpha value is -1.15. The van der Waals surface area contributed by atoms with Crippen LogP contribution in [0.5, 0.6) is 0 Å². The Bertz CT molecular complexity index is 451. The number of anilines is 1. The Labute approximate surface area is 102 Å². The summed E-state index contributed by atoms with van der Waals surface area (Å²) in [6.07, 6.45) is 1.69. The highest BCUT2D eigenvalue weighted by Crippen LogP contribution is 2.25. The molecule has 0 fully saturated rings. The number of thioether (sulfide) groups is 1. The third-order valence-electron chi connectivity index (χ3n) is 1.90. The highest BCUT2D eigenvalue weighted by Gasteiger charge is 2.09. The molecule has 0 saturated heterocycles. The normalized spacial score (nSPS) is 10.6. The van der Waals surface area contributed by atoms with Crippen LogP contribution < -0.4 is 5.32 Å². The number of rotatable bonds is 5. The fourth-order valence-corrected chi connectivity index (χ4v) is 2.70. The fourth-order valence-electron chi connectivity index (χ4n) is 1.13. The number of nitrogens with zero attached hydrogens (tertiary/aromatic N) is 5. The molecule has 1 N–H and O–H groups in total. The van der Waals surface area contributed by atoms with E-state index in [1.54, 1.807) is 18.1 Å². The van der Waals surface area contributed by atoms with Crippen LogP contribution in [0, 0.1) is 0 Å². The molecule has 8 heteroatoms. The van der Waals surface area contributed by atoms with Gasteiger partial charge in [-0.3, -0.25) is 0 Å². The van der Waals surface area contributed by atoms with E-state index in [2.05, 4.69) is 32.0 Å². The number of nitrogens with one attached hydrogen (secondary N) is 1. The van der Waals surface area contributed by atoms with Crippen LogP contribution in [0.15, 0.2) is 11.5 Å². The summed E-state index contributed by atoms with van der Waals surface area (Å²) in [4.78, 5) is 0. The molecular formula is C8H12N6S2. The molecule has 0 aliphatic rings. The second-order valence-electron chi connectivity index (χ2n) is 3.09. The number of hydrogen-bond donors (Lipinski definition) is 1. The maximum absolute atomic E-state index is 4.09. The van der Waals surface area contributed by atoms with E-state index >= 15 is 0 Å². The third kappa shape index (κ3) is 2.50. The largest absolute Gasteiger partial charge is 0.374 e. The second kappa shape index (κ2) is 5.26. The van der Waals surface area contributed by atoms with Crippen molar-refractivity contribution in [2.24, 2.45) is 7.05 Å². The summed E-state index contributed by atoms with van der Waals surface area (Å²) >= 11 is 2.99. The quantitative estimate of drug-likeness (QED) is 0.815. The van der Waals surface area contributed by atoms with E-state index in [1.807, 2.05) is 11.6 Å². The van der Waals surface area contributed by atoms with E-state index in [9.17, 15) is 0 Å². The SMILES string of the molecule is CCNc1snnc1CSc1nncn1C. The lowest BCUT2D eigenvalue weighted by atomic mass is 10.5. The number of aryl methyl sites for hydroxylation is 1. The van der Waals surface area contributed by atoms with Crippen LogP contribution in [-0.2, 0) is 12.8 Å². The van der Waals surface area contributed by atoms with Crippen LogP contribution >= 0.6 is 23.3 Å². The molecule has 2 heterocycles. The third-order valence-corrected chi connectivity index (χ3v) is 3.67. The van der Waals surface area contributed by atoms with Crippen LogP contribution in [0.1, 0.15) is 12.6 Å². The molecule has 0 saturated carbocycles. The van der Waals surface area contributed by atoms with E-state index in [0.717, 1.165) is 28.1 Å². The first-order valence-electron chi connectivity index (χ1n) is 4.83. The molecule has 0 atom stereocenters. The van der Waals surface area contributed by atoms with E-state index in [4.69, 9.17) is 0 Å². The first-order chi connectivity index (χ1) is 7.81. The van der Waals surface area contributed by atoms with Gasteiger partial charge < -0.3 is 9.88 Å².